The van der Waals surface area contributed by atoms with Crippen molar-refractivity contribution in [1.82, 2.24) is 0 Å². The van der Waals surface area contributed by atoms with Gasteiger partial charge in [-0.05, 0) is 36.2 Å². The highest BCUT2D eigenvalue weighted by Crippen LogP contribution is 2.19. The fraction of sp³-hybridized carbons (Fsp3) is 0.200. The number of hydrogen-bond acceptors (Lipinski definition) is 2. The summed E-state index contributed by atoms with van der Waals surface area (Å²) in [7, 11) is 0. The zero-order chi connectivity index (χ0) is 13.0. The Balaban J connectivity index is 1.92. The van der Waals surface area contributed by atoms with E-state index < -0.39 is 0 Å². The molecule has 2 nitrogen and oxygen atoms in total. The van der Waals surface area contributed by atoms with Gasteiger partial charge in [-0.15, -0.1) is 0 Å². The minimum Gasteiger partial charge on any atom is -0.493 e. The maximum atomic E-state index is 13.0. The van der Waals surface area contributed by atoms with Crippen LogP contribution in [-0.4, -0.2) is 6.61 Å². The van der Waals surface area contributed by atoms with Gasteiger partial charge in [0.25, 0.3) is 0 Å². The van der Waals surface area contributed by atoms with Gasteiger partial charge in [0.1, 0.15) is 11.6 Å². The number of ether oxygens (including phenoxy) is 1. The second kappa shape index (κ2) is 5.54. The smallest absolute Gasteiger partial charge is 0.126 e. The number of hydrogen-bond donors (Lipinski definition) is 1. The molecule has 2 rings (SSSR count). The Morgan fingerprint density at radius 2 is 1.83 bits per heavy atom. The molecule has 0 heterocycles. The Labute approximate surface area is 106 Å². The molecule has 3 heteroatoms. The first-order valence-electron chi connectivity index (χ1n) is 5.88. The molecule has 0 aliphatic carbocycles. The van der Waals surface area contributed by atoms with E-state index >= 15 is 0 Å². The SMILES string of the molecule is Cc1ccc(F)cc1OCCc1ccc(N)cc1. The summed E-state index contributed by atoms with van der Waals surface area (Å²) in [6.07, 6.45) is 0.774. The number of rotatable bonds is 4. The van der Waals surface area contributed by atoms with Crippen LogP contribution in [0.3, 0.4) is 0 Å². The van der Waals surface area contributed by atoms with Gasteiger partial charge in [0, 0.05) is 18.2 Å². The highest BCUT2D eigenvalue weighted by atomic mass is 19.1. The van der Waals surface area contributed by atoms with Crippen molar-refractivity contribution in [3.8, 4) is 5.75 Å². The lowest BCUT2D eigenvalue weighted by Gasteiger charge is -2.09. The molecule has 0 radical (unpaired) electrons. The second-order valence-electron chi connectivity index (χ2n) is 4.25. The molecule has 0 saturated carbocycles. The van der Waals surface area contributed by atoms with Gasteiger partial charge in [-0.2, -0.15) is 0 Å². The van der Waals surface area contributed by atoms with Crippen LogP contribution in [-0.2, 0) is 6.42 Å². The fourth-order valence-electron chi connectivity index (χ4n) is 1.69. The summed E-state index contributed by atoms with van der Waals surface area (Å²) in [4.78, 5) is 0. The third-order valence-corrected chi connectivity index (χ3v) is 2.78. The molecule has 0 saturated heterocycles. The fourth-order valence-corrected chi connectivity index (χ4v) is 1.69. The molecule has 2 aromatic carbocycles. The van der Waals surface area contributed by atoms with E-state index in [1.165, 1.54) is 12.1 Å². The molecule has 94 valence electrons. The minimum absolute atomic E-state index is 0.275. The summed E-state index contributed by atoms with van der Waals surface area (Å²) < 4.78 is 18.6. The van der Waals surface area contributed by atoms with E-state index in [1.807, 2.05) is 31.2 Å². The lowest BCUT2D eigenvalue weighted by atomic mass is 10.1. The predicted molar refractivity (Wildman–Crippen MR) is 71.2 cm³/mol. The quantitative estimate of drug-likeness (QED) is 0.838. The Hall–Kier alpha value is -2.03. The van der Waals surface area contributed by atoms with Crippen LogP contribution < -0.4 is 10.5 Å². The van der Waals surface area contributed by atoms with E-state index in [0.717, 1.165) is 23.2 Å². The number of aryl methyl sites for hydroxylation is 1. The highest BCUT2D eigenvalue weighted by molar-refractivity contribution is 5.39. The lowest BCUT2D eigenvalue weighted by Crippen LogP contribution is -2.02. The van der Waals surface area contributed by atoms with Crippen molar-refractivity contribution in [2.75, 3.05) is 12.3 Å². The Morgan fingerprint density at radius 3 is 2.56 bits per heavy atom. The van der Waals surface area contributed by atoms with Gasteiger partial charge in [0.15, 0.2) is 0 Å². The molecule has 2 aromatic rings. The zero-order valence-electron chi connectivity index (χ0n) is 10.3. The maximum Gasteiger partial charge on any atom is 0.126 e. The average molecular weight is 245 g/mol. The van der Waals surface area contributed by atoms with E-state index in [9.17, 15) is 4.39 Å². The number of benzene rings is 2. The monoisotopic (exact) mass is 245 g/mol. The maximum absolute atomic E-state index is 13.0. The van der Waals surface area contributed by atoms with Crippen molar-refractivity contribution in [2.24, 2.45) is 0 Å². The Morgan fingerprint density at radius 1 is 1.11 bits per heavy atom. The molecule has 2 N–H and O–H groups in total. The number of nitrogens with two attached hydrogens (primary N) is 1. The molecule has 0 spiro atoms. The summed E-state index contributed by atoms with van der Waals surface area (Å²) in [6.45, 7) is 2.42. The first-order valence-corrected chi connectivity index (χ1v) is 5.88. The molecule has 0 unspecified atom stereocenters. The second-order valence-corrected chi connectivity index (χ2v) is 4.25. The topological polar surface area (TPSA) is 35.2 Å². The van der Waals surface area contributed by atoms with Crippen LogP contribution in [0.5, 0.6) is 5.75 Å². The molecular weight excluding hydrogens is 229 g/mol. The molecule has 0 amide bonds. The molecule has 0 aromatic heterocycles. The third kappa shape index (κ3) is 3.23. The van der Waals surface area contributed by atoms with Crippen molar-refractivity contribution in [2.45, 2.75) is 13.3 Å². The molecular formula is C15H16FNO. The van der Waals surface area contributed by atoms with Crippen LogP contribution in [0.2, 0.25) is 0 Å². The molecule has 0 atom stereocenters. The molecule has 0 aliphatic heterocycles. The summed E-state index contributed by atoms with van der Waals surface area (Å²) in [6, 6.07) is 12.2. The number of anilines is 1. The third-order valence-electron chi connectivity index (χ3n) is 2.78. The van der Waals surface area contributed by atoms with Crippen LogP contribution in [0.15, 0.2) is 42.5 Å². The lowest BCUT2D eigenvalue weighted by molar-refractivity contribution is 0.318. The van der Waals surface area contributed by atoms with E-state index in [1.54, 1.807) is 6.07 Å². The van der Waals surface area contributed by atoms with Crippen molar-refractivity contribution in [3.63, 3.8) is 0 Å². The van der Waals surface area contributed by atoms with Gasteiger partial charge in [-0.3, -0.25) is 0 Å². The Kier molecular flexibility index (Phi) is 3.82. The van der Waals surface area contributed by atoms with E-state index in [2.05, 4.69) is 0 Å². The highest BCUT2D eigenvalue weighted by Gasteiger charge is 2.01. The normalized spacial score (nSPS) is 10.3. The Bertz CT molecular complexity index is 523. The zero-order valence-corrected chi connectivity index (χ0v) is 10.3. The van der Waals surface area contributed by atoms with Gasteiger partial charge in [0.2, 0.25) is 0 Å². The van der Waals surface area contributed by atoms with Crippen LogP contribution in [0, 0.1) is 12.7 Å². The molecule has 0 bridgehead atoms. The number of nitrogen functional groups attached to an aromatic ring is 1. The standard InChI is InChI=1S/C15H16FNO/c1-11-2-5-13(16)10-15(11)18-9-8-12-3-6-14(17)7-4-12/h2-7,10H,8-9,17H2,1H3. The summed E-state index contributed by atoms with van der Waals surface area (Å²) >= 11 is 0. The minimum atomic E-state index is -0.275. The summed E-state index contributed by atoms with van der Waals surface area (Å²) in [5.41, 5.74) is 8.45. The first kappa shape index (κ1) is 12.4. The summed E-state index contributed by atoms with van der Waals surface area (Å²) in [5.74, 6) is 0.327. The predicted octanol–water partition coefficient (Wildman–Crippen LogP) is 3.34. The van der Waals surface area contributed by atoms with E-state index in [4.69, 9.17) is 10.5 Å². The van der Waals surface area contributed by atoms with Crippen molar-refractivity contribution < 1.29 is 9.13 Å². The van der Waals surface area contributed by atoms with Crippen molar-refractivity contribution in [3.05, 3.63) is 59.4 Å². The van der Waals surface area contributed by atoms with Gasteiger partial charge in [0.05, 0.1) is 6.61 Å². The van der Waals surface area contributed by atoms with E-state index in [0.29, 0.717) is 12.4 Å². The van der Waals surface area contributed by atoms with Gasteiger partial charge in [-0.25, -0.2) is 4.39 Å². The molecule has 0 aliphatic rings. The van der Waals surface area contributed by atoms with E-state index in [-0.39, 0.29) is 5.82 Å². The van der Waals surface area contributed by atoms with Crippen LogP contribution in [0.4, 0.5) is 10.1 Å². The van der Waals surface area contributed by atoms with Crippen LogP contribution in [0.1, 0.15) is 11.1 Å². The van der Waals surface area contributed by atoms with Gasteiger partial charge >= 0.3 is 0 Å². The van der Waals surface area contributed by atoms with Crippen molar-refractivity contribution in [1.29, 1.82) is 0 Å². The molecule has 0 fully saturated rings. The van der Waals surface area contributed by atoms with Gasteiger partial charge in [-0.1, -0.05) is 18.2 Å². The summed E-state index contributed by atoms with van der Waals surface area (Å²) in [5, 5.41) is 0. The first-order chi connectivity index (χ1) is 8.65. The number of halogens is 1. The van der Waals surface area contributed by atoms with Crippen LogP contribution in [0.25, 0.3) is 0 Å². The van der Waals surface area contributed by atoms with Crippen LogP contribution >= 0.6 is 0 Å². The van der Waals surface area contributed by atoms with Crippen molar-refractivity contribution >= 4 is 5.69 Å². The largest absolute Gasteiger partial charge is 0.493 e. The average Bonchev–Trinajstić information content (AvgIpc) is 2.36. The molecule has 18 heavy (non-hydrogen) atoms. The van der Waals surface area contributed by atoms with Gasteiger partial charge < -0.3 is 10.5 Å².